The SMILES string of the molecule is CN1CCC(N2CCC[C@H](C(=O)NC(C)(C)c3ccccc3)C2)CC1. The molecule has 0 saturated carbocycles. The van der Waals surface area contributed by atoms with Gasteiger partial charge in [-0.1, -0.05) is 30.3 Å². The van der Waals surface area contributed by atoms with Crippen LogP contribution in [0.2, 0.25) is 0 Å². The number of nitrogens with zero attached hydrogens (tertiary/aromatic N) is 2. The number of likely N-dealkylation sites (tertiary alicyclic amines) is 2. The standard InChI is InChI=1S/C21H33N3O/c1-21(2,18-9-5-4-6-10-18)22-20(25)17-8-7-13-24(16-17)19-11-14-23(3)15-12-19/h4-6,9-10,17,19H,7-8,11-16H2,1-3H3,(H,22,25)/t17-/m0/s1. The monoisotopic (exact) mass is 343 g/mol. The molecule has 2 aliphatic heterocycles. The molecule has 0 bridgehead atoms. The van der Waals surface area contributed by atoms with Crippen molar-refractivity contribution in [2.24, 2.45) is 5.92 Å². The Morgan fingerprint density at radius 1 is 1.08 bits per heavy atom. The summed E-state index contributed by atoms with van der Waals surface area (Å²) in [6.45, 7) is 8.62. The molecule has 0 unspecified atom stereocenters. The summed E-state index contributed by atoms with van der Waals surface area (Å²) in [5.41, 5.74) is 0.833. The molecule has 1 atom stereocenters. The summed E-state index contributed by atoms with van der Waals surface area (Å²) in [4.78, 5) is 17.9. The van der Waals surface area contributed by atoms with Gasteiger partial charge in [-0.25, -0.2) is 0 Å². The van der Waals surface area contributed by atoms with Gasteiger partial charge in [0.2, 0.25) is 5.91 Å². The van der Waals surface area contributed by atoms with Gasteiger partial charge < -0.3 is 10.2 Å². The molecule has 1 amide bonds. The number of carbonyl (C=O) groups excluding carboxylic acids is 1. The Kier molecular flexibility index (Phi) is 5.80. The zero-order valence-electron chi connectivity index (χ0n) is 16.0. The average molecular weight is 344 g/mol. The van der Waals surface area contributed by atoms with Crippen LogP contribution in [0.25, 0.3) is 0 Å². The molecule has 4 nitrogen and oxygen atoms in total. The molecular formula is C21H33N3O. The normalized spacial score (nSPS) is 24.2. The fourth-order valence-electron chi connectivity index (χ4n) is 4.25. The summed E-state index contributed by atoms with van der Waals surface area (Å²) in [6, 6.07) is 10.9. The van der Waals surface area contributed by atoms with Crippen LogP contribution in [0.1, 0.15) is 45.1 Å². The van der Waals surface area contributed by atoms with Crippen molar-refractivity contribution < 1.29 is 4.79 Å². The molecule has 138 valence electrons. The Labute approximate surface area is 152 Å². The summed E-state index contributed by atoms with van der Waals surface area (Å²) < 4.78 is 0. The first kappa shape index (κ1) is 18.4. The number of amides is 1. The van der Waals surface area contributed by atoms with E-state index < -0.39 is 0 Å². The van der Waals surface area contributed by atoms with E-state index in [0.29, 0.717) is 6.04 Å². The number of rotatable bonds is 4. The van der Waals surface area contributed by atoms with Crippen molar-refractivity contribution in [1.29, 1.82) is 0 Å². The minimum Gasteiger partial charge on any atom is -0.347 e. The molecule has 0 aromatic heterocycles. The minimum atomic E-state index is -0.325. The van der Waals surface area contributed by atoms with Crippen LogP contribution in [-0.4, -0.2) is 55.0 Å². The summed E-state index contributed by atoms with van der Waals surface area (Å²) in [5, 5.41) is 3.30. The van der Waals surface area contributed by atoms with Gasteiger partial charge in [0.1, 0.15) is 0 Å². The van der Waals surface area contributed by atoms with Gasteiger partial charge in [0.15, 0.2) is 0 Å². The third-order valence-corrected chi connectivity index (χ3v) is 5.96. The van der Waals surface area contributed by atoms with Crippen molar-refractivity contribution in [3.63, 3.8) is 0 Å². The topological polar surface area (TPSA) is 35.6 Å². The van der Waals surface area contributed by atoms with Gasteiger partial charge in [0, 0.05) is 12.6 Å². The molecule has 3 rings (SSSR count). The number of benzene rings is 1. The van der Waals surface area contributed by atoms with E-state index in [1.165, 1.54) is 25.9 Å². The Bertz CT molecular complexity index is 564. The first-order chi connectivity index (χ1) is 12.0. The molecule has 25 heavy (non-hydrogen) atoms. The lowest BCUT2D eigenvalue weighted by molar-refractivity contribution is -0.129. The van der Waals surface area contributed by atoms with Crippen LogP contribution in [0.5, 0.6) is 0 Å². The predicted molar refractivity (Wildman–Crippen MR) is 102 cm³/mol. The van der Waals surface area contributed by atoms with E-state index in [1.807, 2.05) is 18.2 Å². The zero-order valence-corrected chi connectivity index (χ0v) is 16.0. The molecule has 2 saturated heterocycles. The van der Waals surface area contributed by atoms with E-state index in [4.69, 9.17) is 0 Å². The molecule has 0 aliphatic carbocycles. The van der Waals surface area contributed by atoms with Gasteiger partial charge >= 0.3 is 0 Å². The van der Waals surface area contributed by atoms with E-state index in [-0.39, 0.29) is 17.4 Å². The van der Waals surface area contributed by atoms with Gasteiger partial charge in [-0.3, -0.25) is 9.69 Å². The molecule has 1 aromatic carbocycles. The molecule has 1 aromatic rings. The highest BCUT2D eigenvalue weighted by Gasteiger charge is 2.33. The quantitative estimate of drug-likeness (QED) is 0.913. The van der Waals surface area contributed by atoms with Crippen LogP contribution < -0.4 is 5.32 Å². The maximum absolute atomic E-state index is 12.9. The van der Waals surface area contributed by atoms with Gasteiger partial charge in [-0.15, -0.1) is 0 Å². The molecule has 0 spiro atoms. The van der Waals surface area contributed by atoms with E-state index in [1.54, 1.807) is 0 Å². The Morgan fingerprint density at radius 2 is 1.76 bits per heavy atom. The van der Waals surface area contributed by atoms with Crippen molar-refractivity contribution in [2.45, 2.75) is 51.1 Å². The van der Waals surface area contributed by atoms with E-state index in [9.17, 15) is 4.79 Å². The third-order valence-electron chi connectivity index (χ3n) is 5.96. The van der Waals surface area contributed by atoms with E-state index in [2.05, 4.69) is 48.1 Å². The van der Waals surface area contributed by atoms with Crippen molar-refractivity contribution >= 4 is 5.91 Å². The Morgan fingerprint density at radius 3 is 2.44 bits per heavy atom. The fraction of sp³-hybridized carbons (Fsp3) is 0.667. The lowest BCUT2D eigenvalue weighted by Gasteiger charge is -2.42. The van der Waals surface area contributed by atoms with Crippen LogP contribution in [0.3, 0.4) is 0 Å². The third kappa shape index (κ3) is 4.62. The fourth-order valence-corrected chi connectivity index (χ4v) is 4.25. The maximum Gasteiger partial charge on any atom is 0.225 e. The number of hydrogen-bond acceptors (Lipinski definition) is 3. The van der Waals surface area contributed by atoms with Crippen LogP contribution >= 0.6 is 0 Å². The number of piperidine rings is 2. The largest absolute Gasteiger partial charge is 0.347 e. The molecule has 2 fully saturated rings. The summed E-state index contributed by atoms with van der Waals surface area (Å²) in [7, 11) is 2.20. The van der Waals surface area contributed by atoms with Gasteiger partial charge in [0.25, 0.3) is 0 Å². The van der Waals surface area contributed by atoms with E-state index in [0.717, 1.165) is 31.5 Å². The second-order valence-corrected chi connectivity index (χ2v) is 8.35. The number of carbonyl (C=O) groups is 1. The molecule has 2 heterocycles. The van der Waals surface area contributed by atoms with Crippen molar-refractivity contribution in [2.75, 3.05) is 33.2 Å². The van der Waals surface area contributed by atoms with Crippen molar-refractivity contribution in [3.8, 4) is 0 Å². The number of hydrogen-bond donors (Lipinski definition) is 1. The van der Waals surface area contributed by atoms with Crippen molar-refractivity contribution in [3.05, 3.63) is 35.9 Å². The van der Waals surface area contributed by atoms with Crippen LogP contribution in [0, 0.1) is 5.92 Å². The second-order valence-electron chi connectivity index (χ2n) is 8.35. The minimum absolute atomic E-state index is 0.122. The smallest absolute Gasteiger partial charge is 0.225 e. The first-order valence-corrected chi connectivity index (χ1v) is 9.76. The maximum atomic E-state index is 12.9. The Hall–Kier alpha value is -1.39. The summed E-state index contributed by atoms with van der Waals surface area (Å²) in [5.74, 6) is 0.336. The summed E-state index contributed by atoms with van der Waals surface area (Å²) >= 11 is 0. The van der Waals surface area contributed by atoms with Crippen LogP contribution in [0.4, 0.5) is 0 Å². The Balaban J connectivity index is 1.58. The highest BCUT2D eigenvalue weighted by Crippen LogP contribution is 2.26. The lowest BCUT2D eigenvalue weighted by atomic mass is 9.90. The molecular weight excluding hydrogens is 310 g/mol. The van der Waals surface area contributed by atoms with Gasteiger partial charge in [-0.05, 0) is 71.8 Å². The van der Waals surface area contributed by atoms with Crippen LogP contribution in [-0.2, 0) is 10.3 Å². The summed E-state index contributed by atoms with van der Waals surface area (Å²) in [6.07, 6.45) is 4.62. The van der Waals surface area contributed by atoms with Crippen molar-refractivity contribution in [1.82, 2.24) is 15.1 Å². The zero-order chi connectivity index (χ0) is 17.9. The van der Waals surface area contributed by atoms with Gasteiger partial charge in [0.05, 0.1) is 11.5 Å². The average Bonchev–Trinajstić information content (AvgIpc) is 2.63. The second kappa shape index (κ2) is 7.88. The predicted octanol–water partition coefficient (Wildman–Crippen LogP) is 2.84. The number of nitrogens with one attached hydrogen (secondary N) is 1. The molecule has 0 radical (unpaired) electrons. The highest BCUT2D eigenvalue weighted by atomic mass is 16.2. The lowest BCUT2D eigenvalue weighted by Crippen LogP contribution is -2.52. The highest BCUT2D eigenvalue weighted by molar-refractivity contribution is 5.80. The van der Waals surface area contributed by atoms with E-state index >= 15 is 0 Å². The van der Waals surface area contributed by atoms with Crippen LogP contribution in [0.15, 0.2) is 30.3 Å². The van der Waals surface area contributed by atoms with Gasteiger partial charge in [-0.2, -0.15) is 0 Å². The first-order valence-electron chi connectivity index (χ1n) is 9.76. The molecule has 2 aliphatic rings. The molecule has 4 heteroatoms. The molecule has 1 N–H and O–H groups in total.